The highest BCUT2D eigenvalue weighted by molar-refractivity contribution is 7.09. The largest absolute Gasteiger partial charge is 0.399 e. The molecule has 0 unspecified atom stereocenters. The monoisotopic (exact) mass is 343 g/mol. The first kappa shape index (κ1) is 17.0. The lowest BCUT2D eigenvalue weighted by atomic mass is 9.87. The van der Waals surface area contributed by atoms with Gasteiger partial charge in [0.1, 0.15) is 0 Å². The quantitative estimate of drug-likeness (QED) is 0.786. The fourth-order valence-electron chi connectivity index (χ4n) is 3.22. The number of amides is 1. The zero-order chi connectivity index (χ0) is 16.8. The van der Waals surface area contributed by atoms with Crippen molar-refractivity contribution in [1.29, 1.82) is 0 Å². The summed E-state index contributed by atoms with van der Waals surface area (Å²) in [5.41, 5.74) is 8.62. The summed E-state index contributed by atoms with van der Waals surface area (Å²) in [6, 6.07) is 7.44. The third-order valence-electron chi connectivity index (χ3n) is 4.60. The van der Waals surface area contributed by atoms with E-state index in [0.29, 0.717) is 18.9 Å². The van der Waals surface area contributed by atoms with E-state index >= 15 is 0 Å². The Labute approximate surface area is 147 Å². The molecule has 0 spiro atoms. The number of aromatic nitrogens is 1. The second-order valence-corrected chi connectivity index (χ2v) is 7.46. The zero-order valence-corrected chi connectivity index (χ0v) is 14.8. The number of anilines is 1. The topological polar surface area (TPSA) is 68.0 Å². The van der Waals surface area contributed by atoms with Crippen LogP contribution in [0.4, 0.5) is 5.69 Å². The fourth-order valence-corrected chi connectivity index (χ4v) is 4.10. The summed E-state index contributed by atoms with van der Waals surface area (Å²) in [5.74, 6) is 0.702. The lowest BCUT2D eigenvalue weighted by Gasteiger charge is -2.19. The highest BCUT2D eigenvalue weighted by Gasteiger charge is 2.18. The summed E-state index contributed by atoms with van der Waals surface area (Å²) in [6.07, 6.45) is 7.80. The molecule has 0 bridgehead atoms. The predicted octanol–water partition coefficient (Wildman–Crippen LogP) is 3.67. The maximum absolute atomic E-state index is 12.0. The molecule has 1 aliphatic rings. The number of nitrogens with two attached hydrogens (primary N) is 1. The van der Waals surface area contributed by atoms with Crippen LogP contribution in [0.5, 0.6) is 0 Å². The standard InChI is InChI=1S/C19H25N3OS/c20-16-8-6-14(7-9-16)12-18(23)21-11-10-19-22-17(13-24-19)15-4-2-1-3-5-15/h6-9,13,15H,1-5,10-12,20H2,(H,21,23). The smallest absolute Gasteiger partial charge is 0.224 e. The Balaban J connectivity index is 1.42. The van der Waals surface area contributed by atoms with Gasteiger partial charge in [0.15, 0.2) is 0 Å². The molecule has 1 amide bonds. The minimum Gasteiger partial charge on any atom is -0.399 e. The molecule has 1 aromatic heterocycles. The lowest BCUT2D eigenvalue weighted by Crippen LogP contribution is -2.27. The Morgan fingerprint density at radius 2 is 1.96 bits per heavy atom. The highest BCUT2D eigenvalue weighted by Crippen LogP contribution is 2.33. The summed E-state index contributed by atoms with van der Waals surface area (Å²) in [5, 5.41) is 6.32. The van der Waals surface area contributed by atoms with Gasteiger partial charge in [-0.2, -0.15) is 0 Å². The second-order valence-electron chi connectivity index (χ2n) is 6.52. The molecule has 3 N–H and O–H groups in total. The van der Waals surface area contributed by atoms with E-state index in [-0.39, 0.29) is 5.91 Å². The van der Waals surface area contributed by atoms with Crippen molar-refractivity contribution in [2.75, 3.05) is 12.3 Å². The Kier molecular flexibility index (Phi) is 5.86. The summed E-state index contributed by atoms with van der Waals surface area (Å²) < 4.78 is 0. The van der Waals surface area contributed by atoms with Crippen LogP contribution in [-0.2, 0) is 17.6 Å². The number of nitrogen functional groups attached to an aromatic ring is 1. The van der Waals surface area contributed by atoms with Crippen LogP contribution in [0.3, 0.4) is 0 Å². The second kappa shape index (κ2) is 8.29. The average molecular weight is 343 g/mol. The van der Waals surface area contributed by atoms with Gasteiger partial charge in [-0.15, -0.1) is 11.3 Å². The van der Waals surface area contributed by atoms with Crippen molar-refractivity contribution < 1.29 is 4.79 Å². The molecule has 24 heavy (non-hydrogen) atoms. The molecule has 2 aromatic rings. The van der Waals surface area contributed by atoms with E-state index in [9.17, 15) is 4.79 Å². The van der Waals surface area contributed by atoms with Crippen LogP contribution in [0.1, 0.15) is 54.3 Å². The van der Waals surface area contributed by atoms with Gasteiger partial charge in [0.2, 0.25) is 5.91 Å². The predicted molar refractivity (Wildman–Crippen MR) is 99.2 cm³/mol. The number of rotatable bonds is 6. The van der Waals surface area contributed by atoms with Gasteiger partial charge < -0.3 is 11.1 Å². The van der Waals surface area contributed by atoms with Gasteiger partial charge in [-0.05, 0) is 30.5 Å². The number of carbonyl (C=O) groups excluding carboxylic acids is 1. The number of benzene rings is 1. The van der Waals surface area contributed by atoms with Crippen LogP contribution in [0.2, 0.25) is 0 Å². The number of hydrogen-bond acceptors (Lipinski definition) is 4. The molecule has 1 fully saturated rings. The van der Waals surface area contributed by atoms with E-state index in [1.807, 2.05) is 24.3 Å². The molecule has 0 atom stereocenters. The van der Waals surface area contributed by atoms with Crippen molar-refractivity contribution in [2.24, 2.45) is 0 Å². The lowest BCUT2D eigenvalue weighted by molar-refractivity contribution is -0.120. The molecule has 3 rings (SSSR count). The number of thiazole rings is 1. The zero-order valence-electron chi connectivity index (χ0n) is 14.0. The molecule has 4 nitrogen and oxygen atoms in total. The van der Waals surface area contributed by atoms with Gasteiger partial charge in [-0.3, -0.25) is 4.79 Å². The van der Waals surface area contributed by atoms with Gasteiger partial charge in [0.05, 0.1) is 17.1 Å². The molecule has 1 saturated carbocycles. The molecule has 0 aliphatic heterocycles. The molecular weight excluding hydrogens is 318 g/mol. The number of nitrogens with zero attached hydrogens (tertiary/aromatic N) is 1. The first-order chi connectivity index (χ1) is 11.7. The third kappa shape index (κ3) is 4.81. The van der Waals surface area contributed by atoms with Gasteiger partial charge in [0.25, 0.3) is 0 Å². The van der Waals surface area contributed by atoms with Crippen LogP contribution < -0.4 is 11.1 Å². The first-order valence-corrected chi connectivity index (χ1v) is 9.64. The molecule has 0 saturated heterocycles. The van der Waals surface area contributed by atoms with Crippen LogP contribution >= 0.6 is 11.3 Å². The number of nitrogens with one attached hydrogen (secondary N) is 1. The molecule has 5 heteroatoms. The van der Waals surface area contributed by atoms with Gasteiger partial charge in [-0.25, -0.2) is 4.98 Å². The minimum absolute atomic E-state index is 0.0452. The SMILES string of the molecule is Nc1ccc(CC(=O)NCCc2nc(C3CCCCC3)cs2)cc1. The van der Waals surface area contributed by atoms with E-state index in [1.165, 1.54) is 37.8 Å². The van der Waals surface area contributed by atoms with Crippen molar-refractivity contribution >= 4 is 22.9 Å². The van der Waals surface area contributed by atoms with E-state index in [4.69, 9.17) is 10.7 Å². The van der Waals surface area contributed by atoms with E-state index < -0.39 is 0 Å². The van der Waals surface area contributed by atoms with Crippen molar-refractivity contribution in [3.63, 3.8) is 0 Å². The van der Waals surface area contributed by atoms with Crippen LogP contribution in [0, 0.1) is 0 Å². The van der Waals surface area contributed by atoms with Crippen LogP contribution in [-0.4, -0.2) is 17.4 Å². The molecule has 0 radical (unpaired) electrons. The highest BCUT2D eigenvalue weighted by atomic mass is 32.1. The van der Waals surface area contributed by atoms with Crippen molar-refractivity contribution in [3.8, 4) is 0 Å². The molecule has 128 valence electrons. The van der Waals surface area contributed by atoms with E-state index in [2.05, 4.69) is 10.7 Å². The van der Waals surface area contributed by atoms with E-state index in [1.54, 1.807) is 11.3 Å². The van der Waals surface area contributed by atoms with Crippen molar-refractivity contribution in [1.82, 2.24) is 10.3 Å². The van der Waals surface area contributed by atoms with Gasteiger partial charge in [-0.1, -0.05) is 31.4 Å². The van der Waals surface area contributed by atoms with Crippen LogP contribution in [0.25, 0.3) is 0 Å². The summed E-state index contributed by atoms with van der Waals surface area (Å²) in [4.78, 5) is 16.8. The fraction of sp³-hybridized carbons (Fsp3) is 0.474. The maximum atomic E-state index is 12.0. The Morgan fingerprint density at radius 3 is 2.71 bits per heavy atom. The molecule has 1 heterocycles. The summed E-state index contributed by atoms with van der Waals surface area (Å²) >= 11 is 1.72. The Morgan fingerprint density at radius 1 is 1.21 bits per heavy atom. The molecule has 1 aromatic carbocycles. The van der Waals surface area contributed by atoms with Gasteiger partial charge >= 0.3 is 0 Å². The molecule has 1 aliphatic carbocycles. The van der Waals surface area contributed by atoms with E-state index in [0.717, 1.165) is 22.7 Å². The minimum atomic E-state index is 0.0452. The van der Waals surface area contributed by atoms with Gasteiger partial charge in [0, 0.05) is 30.0 Å². The average Bonchev–Trinajstić information content (AvgIpc) is 3.07. The first-order valence-electron chi connectivity index (χ1n) is 8.76. The maximum Gasteiger partial charge on any atom is 0.224 e. The molecular formula is C19H25N3OS. The van der Waals surface area contributed by atoms with Crippen molar-refractivity contribution in [3.05, 3.63) is 45.9 Å². The normalized spacial score (nSPS) is 15.3. The Bertz CT molecular complexity index is 660. The Hall–Kier alpha value is -1.88. The van der Waals surface area contributed by atoms with Crippen LogP contribution in [0.15, 0.2) is 29.6 Å². The summed E-state index contributed by atoms with van der Waals surface area (Å²) in [7, 11) is 0. The summed E-state index contributed by atoms with van der Waals surface area (Å²) in [6.45, 7) is 0.644. The number of carbonyl (C=O) groups is 1. The van der Waals surface area contributed by atoms with Crippen molar-refractivity contribution in [2.45, 2.75) is 50.9 Å². The third-order valence-corrected chi connectivity index (χ3v) is 5.53. The number of hydrogen-bond donors (Lipinski definition) is 2.